The molecule has 9 heteroatoms. The normalized spacial score (nSPS) is 19.9. The molecule has 1 aliphatic rings. The lowest BCUT2D eigenvalue weighted by Gasteiger charge is -2.33. The Morgan fingerprint density at radius 1 is 1.12 bits per heavy atom. The minimum Gasteiger partial charge on any atom is -0.359 e. The number of nitrogens with zero attached hydrogens (tertiary/aromatic N) is 1. The molecule has 3 rings (SSSR count). The highest BCUT2D eigenvalue weighted by atomic mass is 79.9. The summed E-state index contributed by atoms with van der Waals surface area (Å²) < 4.78 is 41.3. The molecule has 4 nitrogen and oxygen atoms in total. The molecule has 2 aromatic carbocycles. The Hall–Kier alpha value is -2.03. The van der Waals surface area contributed by atoms with E-state index in [-0.39, 0.29) is 16.3 Å². The van der Waals surface area contributed by atoms with E-state index in [9.17, 15) is 23.1 Å². The van der Waals surface area contributed by atoms with Crippen molar-refractivity contribution >= 4 is 39.1 Å². The van der Waals surface area contributed by atoms with Gasteiger partial charge in [-0.15, -0.1) is 0 Å². The third-order valence-electron chi connectivity index (χ3n) is 3.79. The first-order chi connectivity index (χ1) is 12.1. The van der Waals surface area contributed by atoms with Crippen molar-refractivity contribution in [3.8, 4) is 0 Å². The molecule has 1 aliphatic heterocycles. The van der Waals surface area contributed by atoms with E-state index < -0.39 is 17.8 Å². The average Bonchev–Trinajstić information content (AvgIpc) is 2.94. The van der Waals surface area contributed by atoms with Crippen LogP contribution in [0.1, 0.15) is 15.9 Å². The molecule has 0 aromatic heterocycles. The molecule has 26 heavy (non-hydrogen) atoms. The standard InChI is InChI=1S/C17H11BrClF3N2O2/c18-12-5-1-10(2-6-12)14-9-16(26,17(20,21)22)24(23-14)15(25)11-3-7-13(19)8-4-11/h1-9,23,26H/t16-/m1/s1. The Bertz CT molecular complexity index is 869. The highest BCUT2D eigenvalue weighted by Gasteiger charge is 2.61. The average molecular weight is 448 g/mol. The molecule has 0 saturated heterocycles. The van der Waals surface area contributed by atoms with E-state index in [4.69, 9.17) is 11.6 Å². The molecular formula is C17H11BrClF3N2O2. The largest absolute Gasteiger partial charge is 0.442 e. The molecule has 0 saturated carbocycles. The van der Waals surface area contributed by atoms with Crippen LogP contribution in [0.25, 0.3) is 5.70 Å². The maximum Gasteiger partial charge on any atom is 0.442 e. The van der Waals surface area contributed by atoms with Crippen LogP contribution in [0.3, 0.4) is 0 Å². The third-order valence-corrected chi connectivity index (χ3v) is 4.57. The van der Waals surface area contributed by atoms with Crippen LogP contribution in [-0.4, -0.2) is 27.9 Å². The van der Waals surface area contributed by atoms with Crippen LogP contribution < -0.4 is 5.43 Å². The summed E-state index contributed by atoms with van der Waals surface area (Å²) in [5.41, 5.74) is -0.856. The number of carbonyl (C=O) groups is 1. The Morgan fingerprint density at radius 2 is 1.69 bits per heavy atom. The number of nitrogens with one attached hydrogen (secondary N) is 1. The summed E-state index contributed by atoms with van der Waals surface area (Å²) in [7, 11) is 0. The molecule has 1 atom stereocenters. The fourth-order valence-electron chi connectivity index (χ4n) is 2.42. The Labute approximate surface area is 160 Å². The van der Waals surface area contributed by atoms with Gasteiger partial charge in [0.1, 0.15) is 0 Å². The molecular weight excluding hydrogens is 437 g/mol. The van der Waals surface area contributed by atoms with Gasteiger partial charge in [0.05, 0.1) is 5.70 Å². The quantitative estimate of drug-likeness (QED) is 0.719. The third kappa shape index (κ3) is 3.32. The number of rotatable bonds is 2. The maximum absolute atomic E-state index is 13.5. The summed E-state index contributed by atoms with van der Waals surface area (Å²) in [6.07, 6.45) is -4.54. The summed E-state index contributed by atoms with van der Waals surface area (Å²) in [4.78, 5) is 12.6. The number of aliphatic hydroxyl groups is 1. The Kier molecular flexibility index (Phi) is 4.76. The van der Waals surface area contributed by atoms with Crippen molar-refractivity contribution in [3.63, 3.8) is 0 Å². The molecule has 0 radical (unpaired) electrons. The number of hydrogen-bond donors (Lipinski definition) is 2. The van der Waals surface area contributed by atoms with Crippen LogP contribution in [0.5, 0.6) is 0 Å². The molecule has 0 spiro atoms. The fraction of sp³-hybridized carbons (Fsp3) is 0.118. The first-order valence-electron chi connectivity index (χ1n) is 7.26. The van der Waals surface area contributed by atoms with Crippen molar-refractivity contribution in [1.29, 1.82) is 0 Å². The predicted octanol–water partition coefficient (Wildman–Crippen LogP) is 4.35. The van der Waals surface area contributed by atoms with Crippen LogP contribution in [0, 0.1) is 0 Å². The highest BCUT2D eigenvalue weighted by molar-refractivity contribution is 9.10. The molecule has 0 aliphatic carbocycles. The number of amides is 1. The number of hydrogen-bond acceptors (Lipinski definition) is 3. The van der Waals surface area contributed by atoms with Gasteiger partial charge in [0, 0.05) is 21.1 Å². The van der Waals surface area contributed by atoms with Gasteiger partial charge in [0.15, 0.2) is 0 Å². The van der Waals surface area contributed by atoms with Gasteiger partial charge < -0.3 is 5.11 Å². The van der Waals surface area contributed by atoms with Crippen molar-refractivity contribution in [1.82, 2.24) is 10.4 Å². The zero-order valence-corrected chi connectivity index (χ0v) is 15.2. The molecule has 0 bridgehead atoms. The second kappa shape index (κ2) is 6.61. The lowest BCUT2D eigenvalue weighted by atomic mass is 10.1. The number of alkyl halides is 3. The van der Waals surface area contributed by atoms with Gasteiger partial charge in [-0.2, -0.15) is 13.2 Å². The van der Waals surface area contributed by atoms with E-state index in [0.29, 0.717) is 16.7 Å². The smallest absolute Gasteiger partial charge is 0.359 e. The lowest BCUT2D eigenvalue weighted by Crippen LogP contribution is -2.60. The summed E-state index contributed by atoms with van der Waals surface area (Å²) in [6, 6.07) is 11.7. The van der Waals surface area contributed by atoms with Crippen molar-refractivity contribution < 1.29 is 23.1 Å². The van der Waals surface area contributed by atoms with E-state index in [1.807, 2.05) is 0 Å². The van der Waals surface area contributed by atoms with Crippen LogP contribution in [0.15, 0.2) is 59.1 Å². The van der Waals surface area contributed by atoms with Crippen molar-refractivity contribution in [2.75, 3.05) is 0 Å². The van der Waals surface area contributed by atoms with Crippen molar-refractivity contribution in [3.05, 3.63) is 75.2 Å². The Morgan fingerprint density at radius 3 is 2.23 bits per heavy atom. The fourth-order valence-corrected chi connectivity index (χ4v) is 2.81. The monoisotopic (exact) mass is 446 g/mol. The van der Waals surface area contributed by atoms with Crippen LogP contribution in [-0.2, 0) is 0 Å². The van der Waals surface area contributed by atoms with E-state index in [1.165, 1.54) is 24.3 Å². The molecule has 0 fully saturated rings. The van der Waals surface area contributed by atoms with Gasteiger partial charge in [0.2, 0.25) is 0 Å². The van der Waals surface area contributed by atoms with Crippen molar-refractivity contribution in [2.45, 2.75) is 11.9 Å². The zero-order valence-electron chi connectivity index (χ0n) is 12.9. The molecule has 2 N–H and O–H groups in total. The maximum atomic E-state index is 13.5. The second-order valence-electron chi connectivity index (χ2n) is 5.55. The predicted molar refractivity (Wildman–Crippen MR) is 93.9 cm³/mol. The minimum absolute atomic E-state index is 0.0420. The minimum atomic E-state index is -5.11. The zero-order chi connectivity index (χ0) is 19.1. The van der Waals surface area contributed by atoms with Gasteiger partial charge in [-0.1, -0.05) is 39.7 Å². The van der Waals surface area contributed by atoms with Gasteiger partial charge in [-0.25, -0.2) is 5.01 Å². The summed E-state index contributed by atoms with van der Waals surface area (Å²) in [6.45, 7) is 0. The SMILES string of the molecule is O=C(c1ccc(Cl)cc1)N1NC(c2ccc(Br)cc2)=C[C@@]1(O)C(F)(F)F. The summed E-state index contributed by atoms with van der Waals surface area (Å²) >= 11 is 8.97. The van der Waals surface area contributed by atoms with E-state index in [0.717, 1.165) is 4.47 Å². The lowest BCUT2D eigenvalue weighted by molar-refractivity contribution is -0.283. The first-order valence-corrected chi connectivity index (χ1v) is 8.43. The molecule has 1 heterocycles. The molecule has 2 aromatic rings. The number of halogens is 5. The molecule has 1 amide bonds. The number of benzene rings is 2. The van der Waals surface area contributed by atoms with Gasteiger partial charge in [0.25, 0.3) is 11.6 Å². The van der Waals surface area contributed by atoms with Gasteiger partial charge in [-0.05, 0) is 42.0 Å². The second-order valence-corrected chi connectivity index (χ2v) is 6.90. The van der Waals surface area contributed by atoms with E-state index in [2.05, 4.69) is 21.4 Å². The molecule has 136 valence electrons. The van der Waals surface area contributed by atoms with Crippen LogP contribution >= 0.6 is 27.5 Å². The topological polar surface area (TPSA) is 52.6 Å². The van der Waals surface area contributed by atoms with E-state index >= 15 is 0 Å². The summed E-state index contributed by atoms with van der Waals surface area (Å²) in [5.74, 6) is -1.05. The number of hydrazine groups is 1. The molecule has 0 unspecified atom stereocenters. The van der Waals surface area contributed by atoms with Gasteiger partial charge in [-0.3, -0.25) is 10.2 Å². The van der Waals surface area contributed by atoms with Crippen LogP contribution in [0.2, 0.25) is 5.02 Å². The van der Waals surface area contributed by atoms with Crippen LogP contribution in [0.4, 0.5) is 13.2 Å². The first kappa shape index (κ1) is 18.8. The van der Waals surface area contributed by atoms with Crippen molar-refractivity contribution in [2.24, 2.45) is 0 Å². The summed E-state index contributed by atoms with van der Waals surface area (Å²) in [5, 5.41) is 10.8. The van der Waals surface area contributed by atoms with E-state index in [1.54, 1.807) is 24.3 Å². The van der Waals surface area contributed by atoms with Gasteiger partial charge >= 0.3 is 6.18 Å². The highest BCUT2D eigenvalue weighted by Crippen LogP contribution is 2.40. The number of carbonyl (C=O) groups excluding carboxylic acids is 1. The Balaban J connectivity index is 2.01.